The first kappa shape index (κ1) is 15.8. The molecule has 1 heterocycles. The minimum Gasteiger partial charge on any atom is -0.457 e. The molecule has 0 atom stereocenters. The Morgan fingerprint density at radius 3 is 2.05 bits per heavy atom. The molecule has 2 aromatic carbocycles. The number of rotatable bonds is 3. The van der Waals surface area contributed by atoms with Gasteiger partial charge in [-0.15, -0.1) is 35.3 Å². The summed E-state index contributed by atoms with van der Waals surface area (Å²) in [5.74, 6) is 1.64. The molecule has 0 bridgehead atoms. The lowest BCUT2D eigenvalue weighted by Gasteiger charge is -2.06. The molecular weight excluding hydrogens is 395 g/mol. The number of benzene rings is 2. The second kappa shape index (κ2) is 6.91. The predicted molar refractivity (Wildman–Crippen MR) is 98.6 cm³/mol. The van der Waals surface area contributed by atoms with Gasteiger partial charge in [-0.1, -0.05) is 17.7 Å². The summed E-state index contributed by atoms with van der Waals surface area (Å²) in [7, 11) is 0. The second-order valence-electron chi connectivity index (χ2n) is 4.51. The van der Waals surface area contributed by atoms with E-state index in [4.69, 9.17) is 10.5 Å². The van der Waals surface area contributed by atoms with E-state index in [1.807, 2.05) is 53.9 Å². The van der Waals surface area contributed by atoms with E-state index in [0.29, 0.717) is 5.13 Å². The first-order valence-corrected chi connectivity index (χ1v) is 7.15. The van der Waals surface area contributed by atoms with Gasteiger partial charge in [0.2, 0.25) is 0 Å². The SMILES string of the molecule is Cc1ccc(Oc2ccc(-c3csc(N)n3)cc2)cc1.I. The first-order chi connectivity index (χ1) is 9.70. The van der Waals surface area contributed by atoms with Gasteiger partial charge in [-0.2, -0.15) is 0 Å². The molecule has 0 spiro atoms. The molecule has 0 unspecified atom stereocenters. The third-order valence-corrected chi connectivity index (χ3v) is 3.60. The van der Waals surface area contributed by atoms with Crippen molar-refractivity contribution in [3.63, 3.8) is 0 Å². The van der Waals surface area contributed by atoms with Crippen molar-refractivity contribution in [2.24, 2.45) is 0 Å². The molecule has 3 rings (SSSR count). The number of anilines is 1. The van der Waals surface area contributed by atoms with Crippen LogP contribution in [0.2, 0.25) is 0 Å². The minimum absolute atomic E-state index is 0. The van der Waals surface area contributed by atoms with Crippen molar-refractivity contribution in [3.05, 3.63) is 59.5 Å². The summed E-state index contributed by atoms with van der Waals surface area (Å²) in [6, 6.07) is 15.8. The largest absolute Gasteiger partial charge is 0.457 e. The Balaban J connectivity index is 0.00000161. The van der Waals surface area contributed by atoms with E-state index in [-0.39, 0.29) is 24.0 Å². The average Bonchev–Trinajstić information content (AvgIpc) is 2.89. The number of ether oxygens (including phenoxy) is 1. The van der Waals surface area contributed by atoms with E-state index in [0.717, 1.165) is 22.8 Å². The van der Waals surface area contributed by atoms with Crippen molar-refractivity contribution in [3.8, 4) is 22.8 Å². The predicted octanol–water partition coefficient (Wildman–Crippen LogP) is 5.11. The highest BCUT2D eigenvalue weighted by Crippen LogP contribution is 2.27. The van der Waals surface area contributed by atoms with Gasteiger partial charge in [0.15, 0.2) is 5.13 Å². The summed E-state index contributed by atoms with van der Waals surface area (Å²) in [5, 5.41) is 2.53. The van der Waals surface area contributed by atoms with Gasteiger partial charge in [-0.25, -0.2) is 4.98 Å². The molecule has 0 fully saturated rings. The average molecular weight is 410 g/mol. The highest BCUT2D eigenvalue weighted by molar-refractivity contribution is 14.0. The fraction of sp³-hybridized carbons (Fsp3) is 0.0625. The molecule has 3 nitrogen and oxygen atoms in total. The molecule has 0 saturated carbocycles. The molecule has 0 aliphatic carbocycles. The van der Waals surface area contributed by atoms with E-state index in [9.17, 15) is 0 Å². The molecule has 21 heavy (non-hydrogen) atoms. The topological polar surface area (TPSA) is 48.1 Å². The van der Waals surface area contributed by atoms with Gasteiger partial charge in [0.1, 0.15) is 11.5 Å². The van der Waals surface area contributed by atoms with Gasteiger partial charge in [-0.05, 0) is 43.3 Å². The van der Waals surface area contributed by atoms with Crippen LogP contribution in [0.25, 0.3) is 11.3 Å². The standard InChI is InChI=1S/C16H14N2OS.HI/c1-11-2-6-13(7-3-11)19-14-8-4-12(5-9-14)15-10-20-16(17)18-15;/h2-10H,1H3,(H2,17,18);1H. The quantitative estimate of drug-likeness (QED) is 0.611. The molecule has 1 aromatic heterocycles. The van der Waals surface area contributed by atoms with E-state index >= 15 is 0 Å². The van der Waals surface area contributed by atoms with Crippen LogP contribution in [-0.4, -0.2) is 4.98 Å². The molecule has 0 saturated heterocycles. The second-order valence-corrected chi connectivity index (χ2v) is 5.40. The van der Waals surface area contributed by atoms with Crippen molar-refractivity contribution in [2.45, 2.75) is 6.92 Å². The fourth-order valence-corrected chi connectivity index (χ4v) is 2.43. The number of aryl methyl sites for hydroxylation is 1. The molecule has 3 aromatic rings. The van der Waals surface area contributed by atoms with Gasteiger partial charge in [0, 0.05) is 10.9 Å². The van der Waals surface area contributed by atoms with Gasteiger partial charge in [0.05, 0.1) is 5.69 Å². The smallest absolute Gasteiger partial charge is 0.180 e. The lowest BCUT2D eigenvalue weighted by Crippen LogP contribution is -1.85. The van der Waals surface area contributed by atoms with Crippen LogP contribution in [0, 0.1) is 6.92 Å². The van der Waals surface area contributed by atoms with Gasteiger partial charge in [0.25, 0.3) is 0 Å². The molecular formula is C16H15IN2OS. The minimum atomic E-state index is 0. The Morgan fingerprint density at radius 1 is 0.952 bits per heavy atom. The highest BCUT2D eigenvalue weighted by Gasteiger charge is 2.03. The van der Waals surface area contributed by atoms with E-state index in [1.165, 1.54) is 16.9 Å². The Hall–Kier alpha value is -1.60. The molecule has 0 radical (unpaired) electrons. The number of thiazole rings is 1. The fourth-order valence-electron chi connectivity index (χ4n) is 1.86. The Bertz CT molecular complexity index is 708. The molecule has 0 aliphatic heterocycles. The zero-order chi connectivity index (χ0) is 13.9. The van der Waals surface area contributed by atoms with Crippen molar-refractivity contribution in [1.29, 1.82) is 0 Å². The maximum absolute atomic E-state index is 5.79. The van der Waals surface area contributed by atoms with Crippen LogP contribution >= 0.6 is 35.3 Å². The third-order valence-electron chi connectivity index (χ3n) is 2.93. The Labute approximate surface area is 144 Å². The maximum Gasteiger partial charge on any atom is 0.180 e. The summed E-state index contributed by atoms with van der Waals surface area (Å²) >= 11 is 1.44. The van der Waals surface area contributed by atoms with Crippen LogP contribution < -0.4 is 10.5 Å². The number of hydrogen-bond donors (Lipinski definition) is 1. The van der Waals surface area contributed by atoms with Crippen LogP contribution in [0.4, 0.5) is 5.13 Å². The van der Waals surface area contributed by atoms with Crippen LogP contribution in [-0.2, 0) is 0 Å². The normalized spacial score (nSPS) is 9.95. The van der Waals surface area contributed by atoms with Gasteiger partial charge < -0.3 is 10.5 Å². The maximum atomic E-state index is 5.79. The van der Waals surface area contributed by atoms with Crippen LogP contribution in [0.3, 0.4) is 0 Å². The molecule has 0 aliphatic rings. The molecule has 108 valence electrons. The van der Waals surface area contributed by atoms with Crippen molar-refractivity contribution in [1.82, 2.24) is 4.98 Å². The third kappa shape index (κ3) is 3.95. The van der Waals surface area contributed by atoms with E-state index < -0.39 is 0 Å². The number of nitrogens with two attached hydrogens (primary N) is 1. The Kier molecular flexibility index (Phi) is 5.19. The van der Waals surface area contributed by atoms with Crippen molar-refractivity contribution >= 4 is 40.4 Å². The number of nitrogen functional groups attached to an aromatic ring is 1. The lowest BCUT2D eigenvalue weighted by atomic mass is 10.2. The van der Waals surface area contributed by atoms with Crippen LogP contribution in [0.15, 0.2) is 53.9 Å². The summed E-state index contributed by atoms with van der Waals surface area (Å²) in [6.07, 6.45) is 0. The van der Waals surface area contributed by atoms with Crippen molar-refractivity contribution in [2.75, 3.05) is 5.73 Å². The van der Waals surface area contributed by atoms with Crippen molar-refractivity contribution < 1.29 is 4.74 Å². The van der Waals surface area contributed by atoms with E-state index in [2.05, 4.69) is 11.9 Å². The summed E-state index contributed by atoms with van der Waals surface area (Å²) < 4.78 is 5.79. The summed E-state index contributed by atoms with van der Waals surface area (Å²) in [4.78, 5) is 4.26. The number of aromatic nitrogens is 1. The summed E-state index contributed by atoms with van der Waals surface area (Å²) in [6.45, 7) is 2.05. The van der Waals surface area contributed by atoms with Crippen LogP contribution in [0.1, 0.15) is 5.56 Å². The summed E-state index contributed by atoms with van der Waals surface area (Å²) in [5.41, 5.74) is 8.79. The highest BCUT2D eigenvalue weighted by atomic mass is 127. The monoisotopic (exact) mass is 410 g/mol. The zero-order valence-corrected chi connectivity index (χ0v) is 14.6. The van der Waals surface area contributed by atoms with Gasteiger partial charge >= 0.3 is 0 Å². The molecule has 0 amide bonds. The Morgan fingerprint density at radius 2 is 1.52 bits per heavy atom. The molecule has 2 N–H and O–H groups in total. The van der Waals surface area contributed by atoms with E-state index in [1.54, 1.807) is 0 Å². The zero-order valence-electron chi connectivity index (χ0n) is 11.4. The first-order valence-electron chi connectivity index (χ1n) is 6.27. The number of nitrogens with zero attached hydrogens (tertiary/aromatic N) is 1. The molecule has 5 heteroatoms. The van der Waals surface area contributed by atoms with Crippen LogP contribution in [0.5, 0.6) is 11.5 Å². The lowest BCUT2D eigenvalue weighted by molar-refractivity contribution is 0.482. The number of halogens is 1. The van der Waals surface area contributed by atoms with Gasteiger partial charge in [-0.3, -0.25) is 0 Å². The number of hydrogen-bond acceptors (Lipinski definition) is 4.